The molecular weight excluding hydrogens is 1040 g/mol. The van der Waals surface area contributed by atoms with E-state index in [9.17, 15) is 19.2 Å². The summed E-state index contributed by atoms with van der Waals surface area (Å²) in [5, 5.41) is 0. The lowest BCUT2D eigenvalue weighted by Crippen LogP contribution is -2.60. The van der Waals surface area contributed by atoms with Gasteiger partial charge in [0, 0.05) is 47.3 Å². The van der Waals surface area contributed by atoms with Crippen LogP contribution in [0.25, 0.3) is 0 Å². The molecule has 0 aromatic heterocycles. The topological polar surface area (TPSA) is 105 Å². The van der Waals surface area contributed by atoms with E-state index in [0.29, 0.717) is 47.3 Å². The second kappa shape index (κ2) is 24.3. The van der Waals surface area contributed by atoms with Crippen LogP contribution in [0.1, 0.15) is 265 Å². The van der Waals surface area contributed by atoms with Gasteiger partial charge in [-0.05, 0) is 308 Å². The molecule has 472 valence electrons. The van der Waals surface area contributed by atoms with Crippen LogP contribution in [0.15, 0.2) is 48.6 Å². The Hall–Kier alpha value is -3.16. The van der Waals surface area contributed by atoms with Crippen LogP contribution in [-0.4, -0.2) is 46.3 Å². The Balaban J connectivity index is 0.000000134. The zero-order chi connectivity index (χ0) is 61.3. The molecule has 0 amide bonds. The Morgan fingerprint density at radius 2 is 0.631 bits per heavy atom. The third kappa shape index (κ3) is 12.1. The number of carbonyl (C=O) groups excluding carboxylic acids is 4. The summed E-state index contributed by atoms with van der Waals surface area (Å²) in [7, 11) is 0. The summed E-state index contributed by atoms with van der Waals surface area (Å²) < 4.78 is 25.1. The Morgan fingerprint density at radius 1 is 0.393 bits per heavy atom. The fraction of sp³-hybridized carbons (Fsp3) is 0.842. The predicted molar refractivity (Wildman–Crippen MR) is 339 cm³/mol. The van der Waals surface area contributed by atoms with E-state index in [0.717, 1.165) is 78.6 Å². The molecule has 0 aromatic carbocycles. The second-order valence-corrected chi connectivity index (χ2v) is 33.8. The molecule has 0 spiro atoms. The minimum atomic E-state index is -0.392. The summed E-state index contributed by atoms with van der Waals surface area (Å²) in [6.45, 7) is 41.0. The van der Waals surface area contributed by atoms with Crippen molar-refractivity contribution in [3.8, 4) is 0 Å². The molecule has 16 bridgehead atoms. The van der Waals surface area contributed by atoms with Crippen molar-refractivity contribution in [2.24, 2.45) is 116 Å². The van der Waals surface area contributed by atoms with Crippen LogP contribution in [0.5, 0.6) is 0 Å². The van der Waals surface area contributed by atoms with Gasteiger partial charge in [0.15, 0.2) is 0 Å². The standard InChI is InChI=1S/C20H32O2.2C19H30O2.C18H28O2/c1-6-19(4,5)18(21)22-20(12-13(2)3)16-8-14-7-15(10-16)11-17(20)9-14;1-6-18(4,5)17(20)21-19(12(2)3)15-8-13-7-14(10-15)11-16(19)9-13;1-5-7-19(21-17(20)18(3,4)6-2)15-9-13-8-14(11-15)12-16(19)10-13;1-5-17(3,4)16(19)20-18(6-2)14-8-12-7-13(10-14)11-15(18)9-12/h12,14-17H,6-11H2,1-5H3;13-16H,2,6-11H2,1,3-5H3;5,7,13-16H,6,8-12H2,1-4H3;6,12-15H,2,5,7-11H2,1,3-4H3/b;;7-5+;. The Labute approximate surface area is 511 Å². The third-order valence-electron chi connectivity index (χ3n) is 26.3. The van der Waals surface area contributed by atoms with Crippen LogP contribution in [-0.2, 0) is 38.1 Å². The SMILES string of the molecule is C/C=C/C1(OC(=O)C(C)(C)CC)C2CC3CC(C2)CC1C3.C=C(C)C1(OC(=O)C(C)(C)CC)C2CC3CC(C2)CC1C3.C=CC1(OC(=O)C(C)(C)CC)C2CC3CC(C2)CC1C3.CCC(C)(C)C(=O)OC1(C=C(C)C)C2CC3CC(C2)CC1C3. The van der Waals surface area contributed by atoms with Gasteiger partial charge >= 0.3 is 23.9 Å². The minimum Gasteiger partial charge on any atom is -0.454 e. The van der Waals surface area contributed by atoms with Crippen molar-refractivity contribution < 1.29 is 38.1 Å². The lowest BCUT2D eigenvalue weighted by atomic mass is 9.48. The van der Waals surface area contributed by atoms with Gasteiger partial charge in [0.25, 0.3) is 0 Å². The van der Waals surface area contributed by atoms with Crippen LogP contribution in [0.2, 0.25) is 0 Å². The van der Waals surface area contributed by atoms with Crippen molar-refractivity contribution >= 4 is 23.9 Å². The van der Waals surface area contributed by atoms with E-state index in [4.69, 9.17) is 18.9 Å². The number of ether oxygens (including phenoxy) is 4. The van der Waals surface area contributed by atoms with E-state index in [1.165, 1.54) is 134 Å². The maximum Gasteiger partial charge on any atom is 0.312 e. The van der Waals surface area contributed by atoms with Crippen molar-refractivity contribution in [3.63, 3.8) is 0 Å². The van der Waals surface area contributed by atoms with Gasteiger partial charge in [-0.25, -0.2) is 0 Å². The zero-order valence-corrected chi connectivity index (χ0v) is 56.2. The first-order chi connectivity index (χ1) is 39.4. The lowest BCUT2D eigenvalue weighted by molar-refractivity contribution is -0.205. The van der Waals surface area contributed by atoms with E-state index in [1.807, 2.05) is 61.5 Å². The average molecular weight is 1160 g/mol. The number of allylic oxidation sites excluding steroid dienone is 2. The van der Waals surface area contributed by atoms with Crippen molar-refractivity contribution in [1.82, 2.24) is 0 Å². The molecule has 16 saturated carbocycles. The second-order valence-electron chi connectivity index (χ2n) is 33.8. The summed E-state index contributed by atoms with van der Waals surface area (Å²) in [5.41, 5.74) is -0.497. The van der Waals surface area contributed by atoms with Gasteiger partial charge in [-0.15, -0.1) is 0 Å². The predicted octanol–water partition coefficient (Wildman–Crippen LogP) is 18.9. The minimum absolute atomic E-state index is 0.0000246. The quantitative estimate of drug-likeness (QED) is 0.0855. The van der Waals surface area contributed by atoms with Crippen LogP contribution in [0.4, 0.5) is 0 Å². The molecule has 16 aliphatic carbocycles. The summed E-state index contributed by atoms with van der Waals surface area (Å²) in [4.78, 5) is 50.9. The monoisotopic (exact) mass is 1160 g/mol. The number of rotatable bonds is 16. The van der Waals surface area contributed by atoms with Crippen molar-refractivity contribution in [1.29, 1.82) is 0 Å². The number of hydrogen-bond acceptors (Lipinski definition) is 8. The van der Waals surface area contributed by atoms with Gasteiger partial charge in [-0.2, -0.15) is 0 Å². The normalized spacial score (nSPS) is 41.2. The number of esters is 4. The van der Waals surface area contributed by atoms with E-state index < -0.39 is 5.41 Å². The van der Waals surface area contributed by atoms with Gasteiger partial charge < -0.3 is 18.9 Å². The highest BCUT2D eigenvalue weighted by Gasteiger charge is 2.63. The molecule has 0 heterocycles. The number of hydrogen-bond donors (Lipinski definition) is 0. The highest BCUT2D eigenvalue weighted by Crippen LogP contribution is 2.65. The van der Waals surface area contributed by atoms with Gasteiger partial charge in [0.05, 0.1) is 21.7 Å². The first kappa shape index (κ1) is 65.3. The van der Waals surface area contributed by atoms with Crippen LogP contribution < -0.4 is 0 Å². The first-order valence-corrected chi connectivity index (χ1v) is 34.9. The maximum absolute atomic E-state index is 12.8. The first-order valence-electron chi connectivity index (χ1n) is 34.9. The van der Waals surface area contributed by atoms with Crippen molar-refractivity contribution in [3.05, 3.63) is 48.6 Å². The smallest absolute Gasteiger partial charge is 0.312 e. The van der Waals surface area contributed by atoms with E-state index >= 15 is 0 Å². The number of carbonyl (C=O) groups is 4. The summed E-state index contributed by atoms with van der Waals surface area (Å²) in [6, 6.07) is 0. The summed E-state index contributed by atoms with van der Waals surface area (Å²) >= 11 is 0. The Bertz CT molecular complexity index is 2380. The zero-order valence-electron chi connectivity index (χ0n) is 56.2. The molecule has 8 nitrogen and oxygen atoms in total. The van der Waals surface area contributed by atoms with Crippen molar-refractivity contribution in [2.75, 3.05) is 0 Å². The molecule has 0 unspecified atom stereocenters. The van der Waals surface area contributed by atoms with Gasteiger partial charge in [0.2, 0.25) is 0 Å². The molecule has 8 heteroatoms. The molecular formula is C76H120O8. The molecule has 0 atom stereocenters. The van der Waals surface area contributed by atoms with E-state index in [2.05, 4.69) is 86.8 Å². The summed E-state index contributed by atoms with van der Waals surface area (Å²) in [5.74, 6) is 11.3. The van der Waals surface area contributed by atoms with Gasteiger partial charge in [-0.1, -0.05) is 52.5 Å². The Kier molecular flexibility index (Phi) is 18.9. The molecule has 16 rings (SSSR count). The molecule has 16 aliphatic rings. The fourth-order valence-corrected chi connectivity index (χ4v) is 20.5. The van der Waals surface area contributed by atoms with Crippen molar-refractivity contribution in [2.45, 2.75) is 287 Å². The van der Waals surface area contributed by atoms with E-state index in [1.54, 1.807) is 0 Å². The van der Waals surface area contributed by atoms with Crippen LogP contribution >= 0.6 is 0 Å². The highest BCUT2D eigenvalue weighted by atomic mass is 16.6. The highest BCUT2D eigenvalue weighted by molar-refractivity contribution is 5.78. The fourth-order valence-electron chi connectivity index (χ4n) is 20.5. The van der Waals surface area contributed by atoms with Crippen LogP contribution in [0.3, 0.4) is 0 Å². The molecule has 16 fully saturated rings. The van der Waals surface area contributed by atoms with E-state index in [-0.39, 0.29) is 62.5 Å². The molecule has 0 radical (unpaired) electrons. The average Bonchev–Trinajstić information content (AvgIpc) is 1.13. The van der Waals surface area contributed by atoms with Crippen LogP contribution in [0, 0.1) is 116 Å². The van der Waals surface area contributed by atoms with Gasteiger partial charge in [-0.3, -0.25) is 19.2 Å². The molecule has 84 heavy (non-hydrogen) atoms. The molecule has 0 N–H and O–H groups in total. The maximum atomic E-state index is 12.8. The Morgan fingerprint density at radius 3 is 0.881 bits per heavy atom. The molecule has 0 aliphatic heterocycles. The van der Waals surface area contributed by atoms with Gasteiger partial charge in [0.1, 0.15) is 22.4 Å². The lowest BCUT2D eigenvalue weighted by Gasteiger charge is -2.60. The summed E-state index contributed by atoms with van der Waals surface area (Å²) in [6.07, 6.45) is 37.6. The largest absolute Gasteiger partial charge is 0.454 e. The third-order valence-corrected chi connectivity index (χ3v) is 26.3. The molecule has 0 saturated heterocycles. The molecule has 0 aromatic rings.